The predicted octanol–water partition coefficient (Wildman–Crippen LogP) is 0.972. The zero-order chi connectivity index (χ0) is 14.3. The van der Waals surface area contributed by atoms with Gasteiger partial charge in [0.15, 0.2) is 0 Å². The number of carbonyl (C=O) groups excluding carboxylic acids is 4. The zero-order valence-corrected chi connectivity index (χ0v) is 11.0. The molecule has 4 atom stereocenters. The van der Waals surface area contributed by atoms with Crippen LogP contribution in [0.15, 0.2) is 0 Å². The van der Waals surface area contributed by atoms with E-state index in [9.17, 15) is 19.2 Å². The van der Waals surface area contributed by atoms with Crippen molar-refractivity contribution in [1.82, 2.24) is 0 Å². The van der Waals surface area contributed by atoms with Crippen LogP contribution in [0.3, 0.4) is 0 Å². The van der Waals surface area contributed by atoms with E-state index < -0.39 is 23.9 Å². The van der Waals surface area contributed by atoms with Crippen molar-refractivity contribution in [2.45, 2.75) is 38.5 Å². The topological polar surface area (TPSA) is 86.7 Å². The summed E-state index contributed by atoms with van der Waals surface area (Å²) in [5, 5.41) is 0. The van der Waals surface area contributed by atoms with E-state index in [4.69, 9.17) is 9.47 Å². The number of rotatable bonds is 0. The summed E-state index contributed by atoms with van der Waals surface area (Å²) in [6.07, 6.45) is 2.96. The Morgan fingerprint density at radius 2 is 0.800 bits per heavy atom. The highest BCUT2D eigenvalue weighted by atomic mass is 16.6. The molecule has 2 aliphatic heterocycles. The minimum Gasteiger partial charge on any atom is -0.393 e. The second-order valence-corrected chi connectivity index (χ2v) is 5.89. The average Bonchev–Trinajstić information content (AvgIpc) is 2.40. The van der Waals surface area contributed by atoms with E-state index in [0.717, 1.165) is 0 Å². The van der Waals surface area contributed by atoms with Crippen LogP contribution in [0, 0.1) is 23.7 Å². The molecule has 0 amide bonds. The Morgan fingerprint density at radius 3 is 1.05 bits per heavy atom. The number of fused-ring (bicyclic) bond motifs is 4. The molecule has 20 heavy (non-hydrogen) atoms. The van der Waals surface area contributed by atoms with Gasteiger partial charge < -0.3 is 9.47 Å². The molecule has 0 aromatic carbocycles. The third-order valence-electron chi connectivity index (χ3n) is 4.60. The highest BCUT2D eigenvalue weighted by molar-refractivity contribution is 5.92. The smallest absolute Gasteiger partial charge is 0.316 e. The highest BCUT2D eigenvalue weighted by Crippen LogP contribution is 2.37. The van der Waals surface area contributed by atoms with Gasteiger partial charge in [0.1, 0.15) is 0 Å². The largest absolute Gasteiger partial charge is 0.393 e. The number of hydrogen-bond acceptors (Lipinski definition) is 6. The zero-order valence-electron chi connectivity index (χ0n) is 11.0. The molecule has 1 aliphatic carbocycles. The molecule has 108 valence electrons. The van der Waals surface area contributed by atoms with Crippen molar-refractivity contribution in [3.05, 3.63) is 0 Å². The van der Waals surface area contributed by atoms with Crippen LogP contribution in [0.2, 0.25) is 0 Å². The predicted molar refractivity (Wildman–Crippen MR) is 63.9 cm³/mol. The van der Waals surface area contributed by atoms with Gasteiger partial charge in [-0.3, -0.25) is 19.2 Å². The molecule has 0 spiro atoms. The van der Waals surface area contributed by atoms with E-state index in [0.29, 0.717) is 38.5 Å². The molecule has 4 bridgehead atoms. The molecule has 3 rings (SSSR count). The lowest BCUT2D eigenvalue weighted by Gasteiger charge is -2.32. The van der Waals surface area contributed by atoms with Crippen LogP contribution >= 0.6 is 0 Å². The van der Waals surface area contributed by atoms with Crippen molar-refractivity contribution in [2.24, 2.45) is 23.7 Å². The number of carbonyl (C=O) groups is 4. The maximum absolute atomic E-state index is 11.7. The Morgan fingerprint density at radius 1 is 0.550 bits per heavy atom. The van der Waals surface area contributed by atoms with Crippen LogP contribution in [-0.2, 0) is 28.7 Å². The summed E-state index contributed by atoms with van der Waals surface area (Å²) in [4.78, 5) is 46.7. The molecule has 3 fully saturated rings. The summed E-state index contributed by atoms with van der Waals surface area (Å²) in [5.74, 6) is -3.21. The average molecular weight is 280 g/mol. The van der Waals surface area contributed by atoms with Crippen molar-refractivity contribution in [2.75, 3.05) is 0 Å². The highest BCUT2D eigenvalue weighted by Gasteiger charge is 2.42. The Bertz CT molecular complexity index is 398. The van der Waals surface area contributed by atoms with E-state index in [2.05, 4.69) is 0 Å². The molecular formula is C14H16O6. The van der Waals surface area contributed by atoms with Gasteiger partial charge in [-0.1, -0.05) is 0 Å². The summed E-state index contributed by atoms with van der Waals surface area (Å²) in [6.45, 7) is 0. The number of cyclic esters (lactones) is 4. The second kappa shape index (κ2) is 5.00. The Hall–Kier alpha value is -1.72. The van der Waals surface area contributed by atoms with Crippen LogP contribution in [-0.4, -0.2) is 23.9 Å². The summed E-state index contributed by atoms with van der Waals surface area (Å²) < 4.78 is 9.56. The van der Waals surface area contributed by atoms with E-state index in [-0.39, 0.29) is 23.7 Å². The fourth-order valence-corrected chi connectivity index (χ4v) is 3.35. The molecule has 1 saturated carbocycles. The molecule has 6 heteroatoms. The lowest BCUT2D eigenvalue weighted by atomic mass is 9.77. The van der Waals surface area contributed by atoms with Gasteiger partial charge in [-0.05, 0) is 38.5 Å². The molecule has 0 radical (unpaired) electrons. The summed E-state index contributed by atoms with van der Waals surface area (Å²) >= 11 is 0. The van der Waals surface area contributed by atoms with Crippen molar-refractivity contribution >= 4 is 23.9 Å². The number of ether oxygens (including phenoxy) is 2. The third-order valence-corrected chi connectivity index (χ3v) is 4.60. The van der Waals surface area contributed by atoms with Crippen LogP contribution in [0.5, 0.6) is 0 Å². The van der Waals surface area contributed by atoms with Crippen LogP contribution < -0.4 is 0 Å². The first-order chi connectivity index (χ1) is 9.54. The summed E-state index contributed by atoms with van der Waals surface area (Å²) in [6, 6.07) is 0. The van der Waals surface area contributed by atoms with E-state index in [1.165, 1.54) is 0 Å². The molecule has 0 N–H and O–H groups in total. The molecule has 6 nitrogen and oxygen atoms in total. The molecule has 0 aromatic rings. The number of esters is 4. The molecule has 2 saturated heterocycles. The lowest BCUT2D eigenvalue weighted by molar-refractivity contribution is -0.178. The fourth-order valence-electron chi connectivity index (χ4n) is 3.35. The minimum absolute atomic E-state index is 0.320. The standard InChI is InChI=1S/C14H16O6/c15-11-7-1-2-8-6-10(14(18)20-12(8)16)4-3-9(5-7)13(17)19-11/h7-10H,1-6H2. The maximum atomic E-state index is 11.7. The van der Waals surface area contributed by atoms with E-state index >= 15 is 0 Å². The van der Waals surface area contributed by atoms with Crippen molar-refractivity contribution < 1.29 is 28.7 Å². The molecule has 2 heterocycles. The monoisotopic (exact) mass is 280 g/mol. The van der Waals surface area contributed by atoms with Crippen molar-refractivity contribution in [3.8, 4) is 0 Å². The SMILES string of the molecule is O=C1OC(=O)C2CCC3CC(CCC1C2)C(=O)OC3=O. The van der Waals surface area contributed by atoms with Crippen molar-refractivity contribution in [1.29, 1.82) is 0 Å². The summed E-state index contributed by atoms with van der Waals surface area (Å²) in [7, 11) is 0. The lowest BCUT2D eigenvalue weighted by Crippen LogP contribution is -2.40. The third kappa shape index (κ3) is 2.34. The summed E-state index contributed by atoms with van der Waals surface area (Å²) in [5.41, 5.74) is 0. The first-order valence-electron chi connectivity index (χ1n) is 7.05. The molecule has 0 aromatic heterocycles. The van der Waals surface area contributed by atoms with Crippen LogP contribution in [0.25, 0.3) is 0 Å². The van der Waals surface area contributed by atoms with Crippen molar-refractivity contribution in [3.63, 3.8) is 0 Å². The Balaban J connectivity index is 1.80. The van der Waals surface area contributed by atoms with E-state index in [1.54, 1.807) is 0 Å². The number of hydrogen-bond donors (Lipinski definition) is 0. The second-order valence-electron chi connectivity index (χ2n) is 5.89. The normalized spacial score (nSPS) is 38.0. The van der Waals surface area contributed by atoms with Crippen LogP contribution in [0.1, 0.15) is 38.5 Å². The van der Waals surface area contributed by atoms with Gasteiger partial charge in [-0.2, -0.15) is 0 Å². The van der Waals surface area contributed by atoms with Gasteiger partial charge in [0.05, 0.1) is 23.7 Å². The van der Waals surface area contributed by atoms with Gasteiger partial charge >= 0.3 is 23.9 Å². The quantitative estimate of drug-likeness (QED) is 0.485. The Labute approximate surface area is 115 Å². The van der Waals surface area contributed by atoms with Gasteiger partial charge in [-0.25, -0.2) is 0 Å². The fraction of sp³-hybridized carbons (Fsp3) is 0.714. The molecule has 3 aliphatic rings. The minimum atomic E-state index is -0.483. The maximum Gasteiger partial charge on any atom is 0.316 e. The first-order valence-corrected chi connectivity index (χ1v) is 7.05. The first kappa shape index (κ1) is 13.3. The van der Waals surface area contributed by atoms with Gasteiger partial charge in [-0.15, -0.1) is 0 Å². The molecular weight excluding hydrogens is 264 g/mol. The van der Waals surface area contributed by atoms with E-state index in [1.807, 2.05) is 0 Å². The van der Waals surface area contributed by atoms with Gasteiger partial charge in [0.25, 0.3) is 0 Å². The molecule has 4 unspecified atom stereocenters. The Kier molecular flexibility index (Phi) is 3.31. The van der Waals surface area contributed by atoms with Gasteiger partial charge in [0.2, 0.25) is 0 Å². The van der Waals surface area contributed by atoms with Gasteiger partial charge in [0, 0.05) is 0 Å². The van der Waals surface area contributed by atoms with Crippen LogP contribution in [0.4, 0.5) is 0 Å².